The van der Waals surface area contributed by atoms with Crippen LogP contribution in [0.1, 0.15) is 19.4 Å². The lowest BCUT2D eigenvalue weighted by Crippen LogP contribution is -2.52. The van der Waals surface area contributed by atoms with Gasteiger partial charge in [-0.25, -0.2) is 0 Å². The molecule has 1 amide bonds. The third-order valence-electron chi connectivity index (χ3n) is 3.38. The molecule has 6 heteroatoms. The van der Waals surface area contributed by atoms with Crippen LogP contribution in [0.15, 0.2) is 24.4 Å². The molecule has 0 aliphatic carbocycles. The molecule has 2 aromatic rings. The number of aromatic nitrogens is 1. The molecule has 0 aliphatic heterocycles. The summed E-state index contributed by atoms with van der Waals surface area (Å²) in [5.74, 6) is -0.147. The maximum Gasteiger partial charge on any atom is 0.237 e. The fourth-order valence-electron chi connectivity index (χ4n) is 2.13. The number of benzene rings is 1. The molecule has 0 fully saturated rings. The Morgan fingerprint density at radius 1 is 1.48 bits per heavy atom. The van der Waals surface area contributed by atoms with Gasteiger partial charge in [0.05, 0.1) is 18.2 Å². The van der Waals surface area contributed by atoms with Crippen molar-refractivity contribution in [1.82, 2.24) is 10.3 Å². The number of phenols is 1. The first kappa shape index (κ1) is 15.3. The van der Waals surface area contributed by atoms with E-state index in [0.717, 1.165) is 16.5 Å². The summed E-state index contributed by atoms with van der Waals surface area (Å²) in [6, 6.07) is 4.29. The molecule has 6 N–H and O–H groups in total. The number of aliphatic hydroxyl groups excluding tert-OH is 1. The summed E-state index contributed by atoms with van der Waals surface area (Å²) < 4.78 is 0. The van der Waals surface area contributed by atoms with Crippen molar-refractivity contribution in [2.75, 3.05) is 6.61 Å². The third kappa shape index (κ3) is 3.53. The SMILES string of the molecule is CC(C)(CO)NC(=O)[C@@H](N)Cc1c[nH]c2ccc(O)cc12. The number of nitrogens with one attached hydrogen (secondary N) is 2. The van der Waals surface area contributed by atoms with Gasteiger partial charge in [-0.15, -0.1) is 0 Å². The van der Waals surface area contributed by atoms with E-state index in [1.165, 1.54) is 0 Å². The van der Waals surface area contributed by atoms with E-state index in [1.807, 2.05) is 0 Å². The van der Waals surface area contributed by atoms with Crippen LogP contribution in [0.25, 0.3) is 10.9 Å². The molecule has 0 saturated carbocycles. The molecule has 1 atom stereocenters. The van der Waals surface area contributed by atoms with Crippen molar-refractivity contribution >= 4 is 16.8 Å². The minimum absolute atomic E-state index is 0.160. The second kappa shape index (κ2) is 5.75. The molecule has 1 aromatic heterocycles. The lowest BCUT2D eigenvalue weighted by atomic mass is 10.0. The monoisotopic (exact) mass is 291 g/mol. The molecule has 1 aromatic carbocycles. The fourth-order valence-corrected chi connectivity index (χ4v) is 2.13. The molecule has 0 radical (unpaired) electrons. The van der Waals surface area contributed by atoms with Crippen molar-refractivity contribution in [3.8, 4) is 5.75 Å². The van der Waals surface area contributed by atoms with E-state index in [0.29, 0.717) is 6.42 Å². The predicted molar refractivity (Wildman–Crippen MR) is 81.0 cm³/mol. The number of H-pyrrole nitrogens is 1. The lowest BCUT2D eigenvalue weighted by Gasteiger charge is -2.25. The van der Waals surface area contributed by atoms with Crippen molar-refractivity contribution in [2.24, 2.45) is 5.73 Å². The van der Waals surface area contributed by atoms with Crippen LogP contribution in [0.5, 0.6) is 5.75 Å². The number of aromatic hydroxyl groups is 1. The maximum absolute atomic E-state index is 12.0. The summed E-state index contributed by atoms with van der Waals surface area (Å²) >= 11 is 0. The van der Waals surface area contributed by atoms with Gasteiger partial charge in [0.2, 0.25) is 5.91 Å². The fraction of sp³-hybridized carbons (Fsp3) is 0.400. The standard InChI is InChI=1S/C15H21N3O3/c1-15(2,8-19)18-14(21)12(16)5-9-7-17-13-4-3-10(20)6-11(9)13/h3-4,6-7,12,17,19-20H,5,8,16H2,1-2H3,(H,18,21)/t12-/m0/s1. The van der Waals surface area contributed by atoms with Crippen LogP contribution < -0.4 is 11.1 Å². The van der Waals surface area contributed by atoms with Crippen molar-refractivity contribution in [3.05, 3.63) is 30.0 Å². The molecule has 21 heavy (non-hydrogen) atoms. The Morgan fingerprint density at radius 2 is 2.19 bits per heavy atom. The van der Waals surface area contributed by atoms with Gasteiger partial charge in [0.25, 0.3) is 0 Å². The van der Waals surface area contributed by atoms with E-state index >= 15 is 0 Å². The Morgan fingerprint density at radius 3 is 2.86 bits per heavy atom. The van der Waals surface area contributed by atoms with E-state index in [-0.39, 0.29) is 18.3 Å². The number of hydrogen-bond donors (Lipinski definition) is 5. The molecule has 114 valence electrons. The topological polar surface area (TPSA) is 111 Å². The molecule has 1 heterocycles. The van der Waals surface area contributed by atoms with Gasteiger partial charge in [-0.3, -0.25) is 4.79 Å². The summed E-state index contributed by atoms with van der Waals surface area (Å²) in [4.78, 5) is 15.1. The molecular formula is C15H21N3O3. The van der Waals surface area contributed by atoms with Crippen molar-refractivity contribution in [2.45, 2.75) is 31.8 Å². The number of phenolic OH excluding ortho intramolecular Hbond substituents is 1. The molecule has 0 saturated heterocycles. The van der Waals surface area contributed by atoms with Gasteiger partial charge in [-0.1, -0.05) is 0 Å². The van der Waals surface area contributed by atoms with E-state index in [1.54, 1.807) is 38.2 Å². The molecule has 2 rings (SSSR count). The zero-order chi connectivity index (χ0) is 15.6. The number of nitrogens with two attached hydrogens (primary N) is 1. The van der Waals surface area contributed by atoms with Gasteiger partial charge in [-0.05, 0) is 44.0 Å². The van der Waals surface area contributed by atoms with Gasteiger partial charge < -0.3 is 26.2 Å². The van der Waals surface area contributed by atoms with E-state index in [4.69, 9.17) is 10.8 Å². The summed E-state index contributed by atoms with van der Waals surface area (Å²) in [6.45, 7) is 3.29. The second-order valence-corrected chi connectivity index (χ2v) is 5.89. The van der Waals surface area contributed by atoms with Crippen LogP contribution in [0.3, 0.4) is 0 Å². The summed E-state index contributed by atoms with van der Waals surface area (Å²) in [5, 5.41) is 22.3. The zero-order valence-corrected chi connectivity index (χ0v) is 12.2. The van der Waals surface area contributed by atoms with Gasteiger partial charge in [-0.2, -0.15) is 0 Å². The predicted octanol–water partition coefficient (Wildman–Crippen LogP) is 0.630. The first-order chi connectivity index (χ1) is 9.82. The Bertz CT molecular complexity index is 649. The lowest BCUT2D eigenvalue weighted by molar-refractivity contribution is -0.124. The Labute approximate surface area is 123 Å². The van der Waals surface area contributed by atoms with Crippen LogP contribution in [0, 0.1) is 0 Å². The molecule has 0 unspecified atom stereocenters. The van der Waals surface area contributed by atoms with E-state index in [9.17, 15) is 9.90 Å². The molecule has 0 bridgehead atoms. The normalized spacial score (nSPS) is 13.3. The van der Waals surface area contributed by atoms with Crippen molar-refractivity contribution < 1.29 is 15.0 Å². The average Bonchev–Trinajstić information content (AvgIpc) is 2.81. The molecule has 0 spiro atoms. The quantitative estimate of drug-likeness (QED) is 0.556. The Kier molecular flexibility index (Phi) is 4.20. The number of fused-ring (bicyclic) bond motifs is 1. The third-order valence-corrected chi connectivity index (χ3v) is 3.38. The van der Waals surface area contributed by atoms with Crippen LogP contribution >= 0.6 is 0 Å². The smallest absolute Gasteiger partial charge is 0.237 e. The minimum Gasteiger partial charge on any atom is -0.508 e. The van der Waals surface area contributed by atoms with Gasteiger partial charge >= 0.3 is 0 Å². The number of hydrogen-bond acceptors (Lipinski definition) is 4. The molecule has 6 nitrogen and oxygen atoms in total. The Hall–Kier alpha value is -2.05. The van der Waals surface area contributed by atoms with E-state index in [2.05, 4.69) is 10.3 Å². The summed E-state index contributed by atoms with van der Waals surface area (Å²) in [6.07, 6.45) is 2.13. The first-order valence-electron chi connectivity index (χ1n) is 6.80. The second-order valence-electron chi connectivity index (χ2n) is 5.89. The van der Waals surface area contributed by atoms with Crippen LogP contribution in [0.4, 0.5) is 0 Å². The number of carbonyl (C=O) groups excluding carboxylic acids is 1. The van der Waals surface area contributed by atoms with Crippen LogP contribution in [-0.4, -0.2) is 39.3 Å². The van der Waals surface area contributed by atoms with E-state index < -0.39 is 11.6 Å². The zero-order valence-electron chi connectivity index (χ0n) is 12.2. The number of carbonyl (C=O) groups is 1. The maximum atomic E-state index is 12.0. The largest absolute Gasteiger partial charge is 0.508 e. The highest BCUT2D eigenvalue weighted by Gasteiger charge is 2.23. The van der Waals surface area contributed by atoms with Crippen LogP contribution in [0.2, 0.25) is 0 Å². The van der Waals surface area contributed by atoms with Crippen LogP contribution in [-0.2, 0) is 11.2 Å². The highest BCUT2D eigenvalue weighted by molar-refractivity contribution is 5.87. The number of amides is 1. The van der Waals surface area contributed by atoms with Crippen molar-refractivity contribution in [3.63, 3.8) is 0 Å². The van der Waals surface area contributed by atoms with Gasteiger partial charge in [0.15, 0.2) is 0 Å². The molecule has 0 aliphatic rings. The number of aromatic amines is 1. The number of aliphatic hydroxyl groups is 1. The van der Waals surface area contributed by atoms with Crippen molar-refractivity contribution in [1.29, 1.82) is 0 Å². The van der Waals surface area contributed by atoms with Gasteiger partial charge in [0.1, 0.15) is 5.75 Å². The Balaban J connectivity index is 2.12. The minimum atomic E-state index is -0.725. The number of rotatable bonds is 5. The highest BCUT2D eigenvalue weighted by atomic mass is 16.3. The highest BCUT2D eigenvalue weighted by Crippen LogP contribution is 2.23. The first-order valence-corrected chi connectivity index (χ1v) is 6.80. The molecular weight excluding hydrogens is 270 g/mol. The van der Waals surface area contributed by atoms with Gasteiger partial charge in [0, 0.05) is 17.1 Å². The average molecular weight is 291 g/mol. The summed E-state index contributed by atoms with van der Waals surface area (Å²) in [5.41, 5.74) is 6.97. The summed E-state index contributed by atoms with van der Waals surface area (Å²) in [7, 11) is 0.